The number of hydrogen-bond donors (Lipinski definition) is 1. The lowest BCUT2D eigenvalue weighted by Crippen LogP contribution is -2.44. The maximum atomic E-state index is 13.4. The van der Waals surface area contributed by atoms with Crippen LogP contribution in [0.5, 0.6) is 11.5 Å². The van der Waals surface area contributed by atoms with Crippen molar-refractivity contribution in [2.75, 3.05) is 7.11 Å². The minimum absolute atomic E-state index is 0.146. The quantitative estimate of drug-likeness (QED) is 0.345. The van der Waals surface area contributed by atoms with Crippen molar-refractivity contribution in [2.24, 2.45) is 5.10 Å². The van der Waals surface area contributed by atoms with Crippen molar-refractivity contribution in [1.82, 2.24) is 15.3 Å². The number of hydrazone groups is 1. The van der Waals surface area contributed by atoms with Gasteiger partial charge in [0.1, 0.15) is 0 Å². The highest BCUT2D eigenvalue weighted by molar-refractivity contribution is 8.14. The van der Waals surface area contributed by atoms with Crippen molar-refractivity contribution in [3.05, 3.63) is 89.7 Å². The number of methoxy groups -OCH3 is 1. The van der Waals surface area contributed by atoms with Crippen LogP contribution in [0.2, 0.25) is 0 Å². The van der Waals surface area contributed by atoms with E-state index in [1.807, 2.05) is 55.5 Å². The first-order valence-electron chi connectivity index (χ1n) is 13.3. The highest BCUT2D eigenvalue weighted by Crippen LogP contribution is 2.37. The minimum atomic E-state index is -0.806. The van der Waals surface area contributed by atoms with Gasteiger partial charge in [0.15, 0.2) is 17.7 Å². The predicted octanol–water partition coefficient (Wildman–Crippen LogP) is 6.19. The summed E-state index contributed by atoms with van der Waals surface area (Å²) in [4.78, 5) is 30.6. The number of benzene rings is 2. The van der Waals surface area contributed by atoms with E-state index in [4.69, 9.17) is 14.6 Å². The monoisotopic (exact) mass is 544 g/mol. The fraction of sp³-hybridized carbons (Fsp3) is 0.333. The van der Waals surface area contributed by atoms with Gasteiger partial charge in [0, 0.05) is 18.0 Å². The number of thioether (sulfide) groups is 1. The summed E-state index contributed by atoms with van der Waals surface area (Å²) >= 11 is 1.21. The van der Waals surface area contributed by atoms with Gasteiger partial charge in [0.05, 0.1) is 29.7 Å². The molecule has 1 fully saturated rings. The topological polar surface area (TPSA) is 93.1 Å². The third kappa shape index (κ3) is 6.09. The number of pyridine rings is 1. The maximum Gasteiger partial charge on any atom is 0.304 e. The summed E-state index contributed by atoms with van der Waals surface area (Å²) in [7, 11) is 1.63. The lowest BCUT2D eigenvalue weighted by Gasteiger charge is -2.34. The Labute approximate surface area is 232 Å². The molecular weight excluding hydrogens is 512 g/mol. The Morgan fingerprint density at radius 2 is 1.90 bits per heavy atom. The van der Waals surface area contributed by atoms with Gasteiger partial charge in [-0.25, -0.2) is 0 Å². The third-order valence-electron chi connectivity index (χ3n) is 6.93. The zero-order valence-corrected chi connectivity index (χ0v) is 22.9. The molecule has 2 atom stereocenters. The zero-order valence-electron chi connectivity index (χ0n) is 22.1. The number of aromatic nitrogens is 1. The second-order valence-corrected chi connectivity index (χ2v) is 10.7. The fourth-order valence-electron chi connectivity index (χ4n) is 4.88. The van der Waals surface area contributed by atoms with Gasteiger partial charge in [-0.05, 0) is 68.0 Å². The van der Waals surface area contributed by atoms with E-state index in [0.29, 0.717) is 23.5 Å². The highest BCUT2D eigenvalue weighted by atomic mass is 32.2. The molecule has 0 radical (unpaired) electrons. The summed E-state index contributed by atoms with van der Waals surface area (Å²) in [6.45, 7) is 2.04. The Kier molecular flexibility index (Phi) is 8.46. The molecule has 1 aliphatic carbocycles. The third-order valence-corrected chi connectivity index (χ3v) is 8.16. The molecule has 0 spiro atoms. The van der Waals surface area contributed by atoms with Crippen LogP contribution in [0, 0.1) is 0 Å². The van der Waals surface area contributed by atoms with Gasteiger partial charge in [-0.15, -0.1) is 0 Å². The molecule has 1 saturated carbocycles. The van der Waals surface area contributed by atoms with Gasteiger partial charge in [0.2, 0.25) is 0 Å². The first-order valence-corrected chi connectivity index (χ1v) is 14.1. The molecule has 39 heavy (non-hydrogen) atoms. The average Bonchev–Trinajstić information content (AvgIpc) is 3.50. The number of carbonyl (C=O) groups is 2. The Hall–Kier alpha value is -3.85. The molecule has 1 aliphatic heterocycles. The van der Waals surface area contributed by atoms with Crippen molar-refractivity contribution in [1.29, 1.82) is 0 Å². The number of nitrogens with one attached hydrogen (secondary N) is 1. The molecule has 2 aliphatic rings. The smallest absolute Gasteiger partial charge is 0.304 e. The van der Waals surface area contributed by atoms with Crippen molar-refractivity contribution in [3.63, 3.8) is 0 Å². The zero-order chi connectivity index (χ0) is 27.2. The van der Waals surface area contributed by atoms with Crippen LogP contribution in [-0.2, 0) is 0 Å². The molecule has 9 heteroatoms. The highest BCUT2D eigenvalue weighted by Gasteiger charge is 2.36. The first kappa shape index (κ1) is 26.7. The predicted molar refractivity (Wildman–Crippen MR) is 152 cm³/mol. The normalized spacial score (nSPS) is 18.4. The summed E-state index contributed by atoms with van der Waals surface area (Å²) in [5.74, 6) is 1.000. The molecule has 2 heterocycles. The van der Waals surface area contributed by atoms with Crippen LogP contribution in [0.1, 0.15) is 66.7 Å². The summed E-state index contributed by atoms with van der Waals surface area (Å²) in [6, 6.07) is 18.5. The van der Waals surface area contributed by atoms with Crippen molar-refractivity contribution >= 4 is 28.6 Å². The standard InChI is InChI=1S/C30H32N4O4S/c1-3-26-27(21-15-16-24(37-2)25(18-21)38-23-13-7-8-14-23)33-34(30(36)39-26)28(20-10-5-4-6-11-20)32-29(35)22-12-9-17-31-19-22/h4-6,9-12,15-19,23,26,28H,3,7-8,13-14H2,1-2H3,(H,32,35). The van der Waals surface area contributed by atoms with E-state index >= 15 is 0 Å². The summed E-state index contributed by atoms with van der Waals surface area (Å²) < 4.78 is 11.9. The number of nitrogens with zero attached hydrogens (tertiary/aromatic N) is 3. The Balaban J connectivity index is 1.52. The molecule has 5 rings (SSSR count). The minimum Gasteiger partial charge on any atom is -0.493 e. The molecule has 1 aromatic heterocycles. The van der Waals surface area contributed by atoms with Crippen LogP contribution in [0.3, 0.4) is 0 Å². The summed E-state index contributed by atoms with van der Waals surface area (Å²) in [5.41, 5.74) is 2.74. The second-order valence-electron chi connectivity index (χ2n) is 9.53. The van der Waals surface area contributed by atoms with Crippen LogP contribution in [0.4, 0.5) is 4.79 Å². The van der Waals surface area contributed by atoms with E-state index in [-0.39, 0.29) is 22.5 Å². The SMILES string of the molecule is CCC1SC(=O)N(C(NC(=O)c2cccnc2)c2ccccc2)N=C1c1ccc(OC)c(OC2CCCC2)c1. The molecule has 0 saturated heterocycles. The van der Waals surface area contributed by atoms with Crippen LogP contribution >= 0.6 is 11.8 Å². The van der Waals surface area contributed by atoms with E-state index in [2.05, 4.69) is 10.3 Å². The number of rotatable bonds is 9. The number of carbonyl (C=O) groups excluding carboxylic acids is 2. The van der Waals surface area contributed by atoms with Crippen LogP contribution in [0.25, 0.3) is 0 Å². The van der Waals surface area contributed by atoms with Crippen molar-refractivity contribution in [3.8, 4) is 11.5 Å². The largest absolute Gasteiger partial charge is 0.493 e. The van der Waals surface area contributed by atoms with Crippen LogP contribution in [-0.4, -0.2) is 45.3 Å². The Morgan fingerprint density at radius 1 is 1.10 bits per heavy atom. The second kappa shape index (κ2) is 12.3. The van der Waals surface area contributed by atoms with Gasteiger partial charge in [-0.2, -0.15) is 10.1 Å². The number of hydrogen-bond acceptors (Lipinski definition) is 7. The molecule has 8 nitrogen and oxygen atoms in total. The molecule has 0 bridgehead atoms. The van der Waals surface area contributed by atoms with Crippen molar-refractivity contribution in [2.45, 2.75) is 56.5 Å². The molecule has 2 unspecified atom stereocenters. The summed E-state index contributed by atoms with van der Waals surface area (Å²) in [5, 5.41) is 8.88. The molecule has 2 aromatic carbocycles. The van der Waals surface area contributed by atoms with Crippen molar-refractivity contribution < 1.29 is 19.1 Å². The average molecular weight is 545 g/mol. The van der Waals surface area contributed by atoms with Crippen LogP contribution < -0.4 is 14.8 Å². The molecule has 2 amide bonds. The van der Waals surface area contributed by atoms with E-state index in [0.717, 1.165) is 42.5 Å². The molecule has 202 valence electrons. The fourth-order valence-corrected chi connectivity index (χ4v) is 5.83. The summed E-state index contributed by atoms with van der Waals surface area (Å²) in [6.07, 6.45) is 7.56. The van der Waals surface area contributed by atoms with Gasteiger partial charge < -0.3 is 14.8 Å². The van der Waals surface area contributed by atoms with Crippen LogP contribution in [0.15, 0.2) is 78.2 Å². The Morgan fingerprint density at radius 3 is 2.59 bits per heavy atom. The van der Waals surface area contributed by atoms with E-state index in [9.17, 15) is 9.59 Å². The van der Waals surface area contributed by atoms with Gasteiger partial charge in [-0.3, -0.25) is 14.6 Å². The molecule has 3 aromatic rings. The molecular formula is C30H32N4O4S. The van der Waals surface area contributed by atoms with E-state index < -0.39 is 6.17 Å². The number of amides is 2. The van der Waals surface area contributed by atoms with Gasteiger partial charge in [0.25, 0.3) is 5.91 Å². The van der Waals surface area contributed by atoms with Gasteiger partial charge in [-0.1, -0.05) is 49.0 Å². The number of ether oxygens (including phenoxy) is 2. The van der Waals surface area contributed by atoms with E-state index in [1.54, 1.807) is 25.4 Å². The van der Waals surface area contributed by atoms with E-state index in [1.165, 1.54) is 23.0 Å². The lowest BCUT2D eigenvalue weighted by atomic mass is 10.0. The first-order chi connectivity index (χ1) is 19.1. The maximum absolute atomic E-state index is 13.4. The van der Waals surface area contributed by atoms with Gasteiger partial charge >= 0.3 is 5.24 Å². The lowest BCUT2D eigenvalue weighted by molar-refractivity contribution is 0.0887. The molecule has 1 N–H and O–H groups in total. The Bertz CT molecular complexity index is 1330.